The third-order valence-electron chi connectivity index (χ3n) is 7.11. The number of nitrogens with one attached hydrogen (secondary N) is 3. The minimum absolute atomic E-state index is 0.178. The molecule has 3 fully saturated rings. The van der Waals surface area contributed by atoms with E-state index >= 15 is 0 Å². The van der Waals surface area contributed by atoms with Gasteiger partial charge in [0, 0.05) is 43.8 Å². The molecule has 1 aromatic carbocycles. The predicted molar refractivity (Wildman–Crippen MR) is 130 cm³/mol. The zero-order chi connectivity index (χ0) is 23.0. The van der Waals surface area contributed by atoms with Crippen LogP contribution in [0.5, 0.6) is 0 Å². The fraction of sp³-hybridized carbons (Fsp3) is 0.591. The lowest BCUT2D eigenvalue weighted by molar-refractivity contribution is 0.273. The Labute approximate surface area is 203 Å². The Kier molecular flexibility index (Phi) is 6.81. The highest BCUT2D eigenvalue weighted by Crippen LogP contribution is 2.42. The van der Waals surface area contributed by atoms with Crippen molar-refractivity contribution in [1.82, 2.24) is 15.2 Å². The molecular formula is C22H29ClFN5O2S2. The summed E-state index contributed by atoms with van der Waals surface area (Å²) in [5, 5.41) is 8.85. The molecule has 1 aromatic heterocycles. The fourth-order valence-corrected chi connectivity index (χ4v) is 7.80. The number of halogens is 2. The first-order valence-corrected chi connectivity index (χ1v) is 14.2. The summed E-state index contributed by atoms with van der Waals surface area (Å²) in [6.07, 6.45) is 6.38. The molecule has 0 radical (unpaired) electrons. The van der Waals surface area contributed by atoms with E-state index in [4.69, 9.17) is 11.6 Å². The molecule has 1 aliphatic carbocycles. The lowest BCUT2D eigenvalue weighted by Crippen LogP contribution is -2.37. The molecule has 5 rings (SSSR count). The minimum Gasteiger partial charge on any atom is -0.383 e. The first-order chi connectivity index (χ1) is 15.9. The van der Waals surface area contributed by atoms with Crippen molar-refractivity contribution in [3.05, 3.63) is 34.5 Å². The van der Waals surface area contributed by atoms with Crippen LogP contribution >= 0.6 is 22.9 Å². The van der Waals surface area contributed by atoms with E-state index in [9.17, 15) is 12.8 Å². The van der Waals surface area contributed by atoms with E-state index in [1.807, 2.05) is 0 Å². The number of benzene rings is 1. The Morgan fingerprint density at radius 3 is 2.73 bits per heavy atom. The van der Waals surface area contributed by atoms with E-state index in [0.29, 0.717) is 24.2 Å². The number of fused-ring (bicyclic) bond motifs is 1. The number of hydrogen-bond donors (Lipinski definition) is 3. The van der Waals surface area contributed by atoms with Crippen LogP contribution in [0.15, 0.2) is 28.6 Å². The van der Waals surface area contributed by atoms with E-state index in [2.05, 4.69) is 25.2 Å². The van der Waals surface area contributed by atoms with Gasteiger partial charge < -0.3 is 15.5 Å². The van der Waals surface area contributed by atoms with Crippen LogP contribution in [0.25, 0.3) is 0 Å². The van der Waals surface area contributed by atoms with Crippen LogP contribution in [0.3, 0.4) is 0 Å². The Balaban J connectivity index is 1.15. The van der Waals surface area contributed by atoms with Gasteiger partial charge in [0.05, 0.1) is 10.7 Å². The summed E-state index contributed by atoms with van der Waals surface area (Å²) in [4.78, 5) is 6.01. The van der Waals surface area contributed by atoms with Crippen LogP contribution in [0.1, 0.15) is 25.7 Å². The summed E-state index contributed by atoms with van der Waals surface area (Å²) in [6.45, 7) is 5.37. The van der Waals surface area contributed by atoms with Crippen molar-refractivity contribution in [3.8, 4) is 0 Å². The molecule has 0 unspecified atom stereocenters. The third kappa shape index (κ3) is 5.30. The molecule has 3 heterocycles. The molecule has 2 aliphatic heterocycles. The van der Waals surface area contributed by atoms with Crippen molar-refractivity contribution in [3.63, 3.8) is 0 Å². The molecule has 0 spiro atoms. The summed E-state index contributed by atoms with van der Waals surface area (Å²) in [5.41, 5.74) is 0.424. The Morgan fingerprint density at radius 2 is 2.06 bits per heavy atom. The monoisotopic (exact) mass is 513 g/mol. The highest BCUT2D eigenvalue weighted by Gasteiger charge is 2.41. The van der Waals surface area contributed by atoms with Gasteiger partial charge in [-0.1, -0.05) is 11.6 Å². The summed E-state index contributed by atoms with van der Waals surface area (Å²) >= 11 is 7.44. The first-order valence-electron chi connectivity index (χ1n) is 11.5. The van der Waals surface area contributed by atoms with E-state index in [-0.39, 0.29) is 10.2 Å². The second-order valence-electron chi connectivity index (χ2n) is 9.46. The van der Waals surface area contributed by atoms with Gasteiger partial charge in [0.25, 0.3) is 10.0 Å². The van der Waals surface area contributed by atoms with Crippen LogP contribution in [0.2, 0.25) is 5.02 Å². The SMILES string of the molecule is O=S(=O)(Nc1nccs1)c1cc(Cl)c(NC[C@@H]2C[C@@H]3CN(C[C@@H]4CCCN4)C[C@@H]3C2)cc1F. The molecule has 33 heavy (non-hydrogen) atoms. The number of thiazole rings is 1. The van der Waals surface area contributed by atoms with Crippen LogP contribution in [0.4, 0.5) is 15.2 Å². The van der Waals surface area contributed by atoms with Crippen LogP contribution in [-0.4, -0.2) is 57.1 Å². The maximum atomic E-state index is 14.7. The lowest BCUT2D eigenvalue weighted by atomic mass is 10.0. The van der Waals surface area contributed by atoms with Gasteiger partial charge >= 0.3 is 0 Å². The smallest absolute Gasteiger partial charge is 0.266 e. The summed E-state index contributed by atoms with van der Waals surface area (Å²) in [6, 6.07) is 2.99. The molecule has 4 atom stereocenters. The van der Waals surface area contributed by atoms with Crippen LogP contribution in [-0.2, 0) is 10.0 Å². The second kappa shape index (κ2) is 9.65. The van der Waals surface area contributed by atoms with E-state index in [1.165, 1.54) is 38.2 Å². The van der Waals surface area contributed by atoms with Crippen LogP contribution < -0.4 is 15.4 Å². The van der Waals surface area contributed by atoms with E-state index in [0.717, 1.165) is 55.2 Å². The second-order valence-corrected chi connectivity index (χ2v) is 12.4. The van der Waals surface area contributed by atoms with E-state index in [1.54, 1.807) is 5.38 Å². The molecule has 3 N–H and O–H groups in total. The average Bonchev–Trinajstić information content (AvgIpc) is 3.54. The van der Waals surface area contributed by atoms with Crippen molar-refractivity contribution in [2.45, 2.75) is 36.6 Å². The molecule has 1 saturated carbocycles. The third-order valence-corrected chi connectivity index (χ3v) is 9.60. The fourth-order valence-electron chi connectivity index (χ4n) is 5.63. The predicted octanol–water partition coefficient (Wildman–Crippen LogP) is 3.86. The number of sulfonamides is 1. The minimum atomic E-state index is -4.11. The van der Waals surface area contributed by atoms with Gasteiger partial charge in [-0.3, -0.25) is 4.72 Å². The van der Waals surface area contributed by atoms with Gasteiger partial charge in [0.2, 0.25) is 0 Å². The number of anilines is 2. The standard InChI is InChI=1S/C22H29ClFN5O2S2/c23-18-8-21(33(30,31)28-22-26-4-5-32-22)19(24)9-20(18)27-10-14-6-15-11-29(12-16(15)7-14)13-17-2-1-3-25-17/h4-5,8-9,14-17,25,27H,1-3,6-7,10-13H2,(H,26,28)/t14-,15-,16+,17-/m0/s1. The van der Waals surface area contributed by atoms with Gasteiger partial charge in [-0.15, -0.1) is 11.3 Å². The zero-order valence-electron chi connectivity index (χ0n) is 18.3. The summed E-state index contributed by atoms with van der Waals surface area (Å²) in [5.74, 6) is 1.14. The molecule has 3 aliphatic rings. The molecule has 2 saturated heterocycles. The van der Waals surface area contributed by atoms with Crippen molar-refractivity contribution in [1.29, 1.82) is 0 Å². The van der Waals surface area contributed by atoms with Gasteiger partial charge in [0.1, 0.15) is 10.7 Å². The quantitative estimate of drug-likeness (QED) is 0.497. The highest BCUT2D eigenvalue weighted by molar-refractivity contribution is 7.93. The Morgan fingerprint density at radius 1 is 1.27 bits per heavy atom. The normalized spacial score (nSPS) is 27.7. The van der Waals surface area contributed by atoms with E-state index < -0.39 is 20.7 Å². The molecular weight excluding hydrogens is 485 g/mol. The average molecular weight is 514 g/mol. The molecule has 11 heteroatoms. The lowest BCUT2D eigenvalue weighted by Gasteiger charge is -2.22. The molecule has 0 amide bonds. The van der Waals surface area contributed by atoms with Crippen molar-refractivity contribution in [2.75, 3.05) is 42.8 Å². The molecule has 7 nitrogen and oxygen atoms in total. The zero-order valence-corrected chi connectivity index (χ0v) is 20.7. The van der Waals surface area contributed by atoms with Crippen LogP contribution in [0, 0.1) is 23.6 Å². The van der Waals surface area contributed by atoms with Gasteiger partial charge in [0.15, 0.2) is 5.13 Å². The topological polar surface area (TPSA) is 86.4 Å². The molecule has 2 aromatic rings. The van der Waals surface area contributed by atoms with Gasteiger partial charge in [-0.25, -0.2) is 17.8 Å². The summed E-state index contributed by atoms with van der Waals surface area (Å²) < 4.78 is 42.0. The van der Waals surface area contributed by atoms with Gasteiger partial charge in [-0.2, -0.15) is 0 Å². The highest BCUT2D eigenvalue weighted by atomic mass is 35.5. The van der Waals surface area contributed by atoms with Crippen molar-refractivity contribution in [2.24, 2.45) is 17.8 Å². The largest absolute Gasteiger partial charge is 0.383 e. The molecule has 180 valence electrons. The van der Waals surface area contributed by atoms with Crippen molar-refractivity contribution < 1.29 is 12.8 Å². The molecule has 0 bridgehead atoms. The first kappa shape index (κ1) is 23.3. The Hall–Kier alpha value is -1.46. The number of likely N-dealkylation sites (tertiary alicyclic amines) is 1. The number of aromatic nitrogens is 1. The summed E-state index contributed by atoms with van der Waals surface area (Å²) in [7, 11) is -4.11. The van der Waals surface area contributed by atoms with Gasteiger partial charge in [-0.05, 0) is 62.1 Å². The Bertz CT molecular complexity index is 1060. The number of nitrogens with zero attached hydrogens (tertiary/aromatic N) is 2. The van der Waals surface area contributed by atoms with Crippen molar-refractivity contribution >= 4 is 43.8 Å². The number of hydrogen-bond acceptors (Lipinski definition) is 7. The maximum Gasteiger partial charge on any atom is 0.266 e. The number of rotatable bonds is 8. The maximum absolute atomic E-state index is 14.7.